The van der Waals surface area contributed by atoms with Crippen LogP contribution in [0.2, 0.25) is 0 Å². The van der Waals surface area contributed by atoms with Gasteiger partial charge in [-0.15, -0.1) is 11.3 Å². The summed E-state index contributed by atoms with van der Waals surface area (Å²) in [6, 6.07) is 13.5. The van der Waals surface area contributed by atoms with Crippen LogP contribution in [0.25, 0.3) is 0 Å². The molecule has 1 amide bonds. The van der Waals surface area contributed by atoms with Crippen molar-refractivity contribution in [2.24, 2.45) is 5.92 Å². The summed E-state index contributed by atoms with van der Waals surface area (Å²) in [5, 5.41) is 13.2. The fourth-order valence-electron chi connectivity index (χ4n) is 2.10. The lowest BCUT2D eigenvalue weighted by atomic mass is 10.1. The molecule has 0 aliphatic heterocycles. The second kappa shape index (κ2) is 5.77. The summed E-state index contributed by atoms with van der Waals surface area (Å²) < 4.78 is 0. The highest BCUT2D eigenvalue weighted by molar-refractivity contribution is 7.12. The van der Waals surface area contributed by atoms with E-state index in [1.807, 2.05) is 42.5 Å². The molecule has 0 spiro atoms. The number of hydrogen-bond donors (Lipinski definition) is 2. The van der Waals surface area contributed by atoms with Crippen LogP contribution in [0.15, 0.2) is 42.5 Å². The Morgan fingerprint density at radius 2 is 2.00 bits per heavy atom. The number of benzene rings is 1. The van der Waals surface area contributed by atoms with Crippen LogP contribution in [0, 0.1) is 5.92 Å². The predicted molar refractivity (Wildman–Crippen MR) is 79.4 cm³/mol. The van der Waals surface area contributed by atoms with Crippen LogP contribution >= 0.6 is 11.3 Å². The van der Waals surface area contributed by atoms with E-state index in [4.69, 9.17) is 0 Å². The number of carbonyl (C=O) groups excluding carboxylic acids is 1. The second-order valence-corrected chi connectivity index (χ2v) is 6.31. The number of carbonyl (C=O) groups is 1. The lowest BCUT2D eigenvalue weighted by Gasteiger charge is -2.08. The van der Waals surface area contributed by atoms with Gasteiger partial charge in [-0.3, -0.25) is 4.79 Å². The summed E-state index contributed by atoms with van der Waals surface area (Å²) in [5.41, 5.74) is 0.892. The van der Waals surface area contributed by atoms with Gasteiger partial charge >= 0.3 is 0 Å². The van der Waals surface area contributed by atoms with E-state index in [2.05, 4.69) is 5.32 Å². The number of thiophene rings is 1. The second-order valence-electron chi connectivity index (χ2n) is 5.11. The Bertz CT molecular complexity index is 590. The van der Waals surface area contributed by atoms with Crippen LogP contribution < -0.4 is 5.32 Å². The van der Waals surface area contributed by atoms with Crippen molar-refractivity contribution in [3.63, 3.8) is 0 Å². The molecule has 3 nitrogen and oxygen atoms in total. The van der Waals surface area contributed by atoms with E-state index < -0.39 is 6.10 Å². The van der Waals surface area contributed by atoms with E-state index in [9.17, 15) is 9.90 Å². The minimum Gasteiger partial charge on any atom is -0.383 e. The Kier molecular flexibility index (Phi) is 3.85. The summed E-state index contributed by atoms with van der Waals surface area (Å²) in [7, 11) is 0. The molecule has 20 heavy (non-hydrogen) atoms. The van der Waals surface area contributed by atoms with Crippen LogP contribution in [0.4, 0.5) is 0 Å². The van der Waals surface area contributed by atoms with E-state index in [0.29, 0.717) is 6.54 Å². The molecular weight excluding hydrogens is 270 g/mol. The molecule has 2 aromatic rings. The molecule has 1 aliphatic rings. The zero-order chi connectivity index (χ0) is 13.9. The van der Waals surface area contributed by atoms with Crippen LogP contribution in [0.1, 0.15) is 34.3 Å². The maximum absolute atomic E-state index is 11.6. The highest BCUT2D eigenvalue weighted by Crippen LogP contribution is 2.30. The highest BCUT2D eigenvalue weighted by atomic mass is 32.1. The van der Waals surface area contributed by atoms with E-state index in [1.165, 1.54) is 0 Å². The molecule has 104 valence electrons. The van der Waals surface area contributed by atoms with Crippen LogP contribution in [-0.4, -0.2) is 11.0 Å². The Morgan fingerprint density at radius 3 is 2.70 bits per heavy atom. The first kappa shape index (κ1) is 13.3. The minimum atomic E-state index is -0.589. The molecule has 0 unspecified atom stereocenters. The fraction of sp³-hybridized carbons (Fsp3) is 0.312. The average Bonchev–Trinajstić information content (AvgIpc) is 3.24. The third-order valence-corrected chi connectivity index (χ3v) is 4.59. The smallest absolute Gasteiger partial charge is 0.223 e. The Hall–Kier alpha value is -1.65. The summed E-state index contributed by atoms with van der Waals surface area (Å²) in [5.74, 6) is 0.396. The Morgan fingerprint density at radius 1 is 1.25 bits per heavy atom. The first-order valence-electron chi connectivity index (χ1n) is 6.83. The first-order valence-corrected chi connectivity index (χ1v) is 7.65. The molecule has 1 atom stereocenters. The lowest BCUT2D eigenvalue weighted by molar-refractivity contribution is -0.122. The van der Waals surface area contributed by atoms with E-state index in [0.717, 1.165) is 28.2 Å². The van der Waals surface area contributed by atoms with Crippen molar-refractivity contribution >= 4 is 17.2 Å². The van der Waals surface area contributed by atoms with Gasteiger partial charge in [0.1, 0.15) is 6.10 Å². The van der Waals surface area contributed by atoms with Crippen molar-refractivity contribution in [3.8, 4) is 0 Å². The monoisotopic (exact) mass is 287 g/mol. The molecule has 1 aliphatic carbocycles. The summed E-state index contributed by atoms with van der Waals surface area (Å²) >= 11 is 1.55. The summed E-state index contributed by atoms with van der Waals surface area (Å²) in [6.07, 6.45) is 1.46. The standard InChI is InChI=1S/C16H17NO2S/c18-15(11-4-2-1-3-5-11)14-9-8-13(20-14)10-17-16(19)12-6-7-12/h1-5,8-9,12,15,18H,6-7,10H2,(H,17,19)/t15-/m0/s1. The molecule has 4 heteroatoms. The van der Waals surface area contributed by atoms with E-state index in [1.54, 1.807) is 11.3 Å². The molecule has 1 heterocycles. The van der Waals surface area contributed by atoms with Gasteiger partial charge in [0.25, 0.3) is 0 Å². The SMILES string of the molecule is O=C(NCc1ccc([C@@H](O)c2ccccc2)s1)C1CC1. The van der Waals surface area contributed by atoms with Crippen molar-refractivity contribution in [2.75, 3.05) is 0 Å². The molecule has 1 aromatic heterocycles. The molecule has 1 aromatic carbocycles. The molecule has 0 saturated heterocycles. The van der Waals surface area contributed by atoms with Crippen molar-refractivity contribution in [1.29, 1.82) is 0 Å². The van der Waals surface area contributed by atoms with Crippen molar-refractivity contribution in [3.05, 3.63) is 57.8 Å². The van der Waals surface area contributed by atoms with E-state index in [-0.39, 0.29) is 11.8 Å². The van der Waals surface area contributed by atoms with Gasteiger partial charge in [-0.05, 0) is 30.5 Å². The zero-order valence-corrected chi connectivity index (χ0v) is 11.9. The fourth-order valence-corrected chi connectivity index (χ4v) is 3.07. The Labute approximate surface area is 122 Å². The van der Waals surface area contributed by atoms with E-state index >= 15 is 0 Å². The predicted octanol–water partition coefficient (Wildman–Crippen LogP) is 2.86. The van der Waals surface area contributed by atoms with Crippen LogP contribution in [-0.2, 0) is 11.3 Å². The molecule has 0 radical (unpaired) electrons. The maximum Gasteiger partial charge on any atom is 0.223 e. The molecular formula is C16H17NO2S. The molecule has 1 fully saturated rings. The average molecular weight is 287 g/mol. The minimum absolute atomic E-state index is 0.156. The van der Waals surface area contributed by atoms with Crippen molar-refractivity contribution < 1.29 is 9.90 Å². The van der Waals surface area contributed by atoms with Gasteiger partial charge in [-0.25, -0.2) is 0 Å². The number of aliphatic hydroxyl groups excluding tert-OH is 1. The largest absolute Gasteiger partial charge is 0.383 e. The number of amides is 1. The molecule has 0 bridgehead atoms. The third-order valence-electron chi connectivity index (χ3n) is 3.45. The Balaban J connectivity index is 1.62. The quantitative estimate of drug-likeness (QED) is 0.888. The van der Waals surface area contributed by atoms with Gasteiger partial charge in [-0.1, -0.05) is 30.3 Å². The number of hydrogen-bond acceptors (Lipinski definition) is 3. The topological polar surface area (TPSA) is 49.3 Å². The summed E-state index contributed by atoms with van der Waals surface area (Å²) in [6.45, 7) is 0.557. The van der Waals surface area contributed by atoms with Crippen LogP contribution in [0.5, 0.6) is 0 Å². The van der Waals surface area contributed by atoms with Crippen molar-refractivity contribution in [1.82, 2.24) is 5.32 Å². The number of nitrogens with one attached hydrogen (secondary N) is 1. The number of rotatable bonds is 5. The van der Waals surface area contributed by atoms with Gasteiger partial charge < -0.3 is 10.4 Å². The molecule has 1 saturated carbocycles. The summed E-state index contributed by atoms with van der Waals surface area (Å²) in [4.78, 5) is 13.6. The highest BCUT2D eigenvalue weighted by Gasteiger charge is 2.29. The zero-order valence-electron chi connectivity index (χ0n) is 11.1. The third kappa shape index (κ3) is 3.08. The van der Waals surface area contributed by atoms with Gasteiger partial charge in [0.2, 0.25) is 5.91 Å². The first-order chi connectivity index (χ1) is 9.74. The molecule has 3 rings (SSSR count). The van der Waals surface area contributed by atoms with Gasteiger partial charge in [0.05, 0.1) is 6.54 Å². The maximum atomic E-state index is 11.6. The van der Waals surface area contributed by atoms with Crippen LogP contribution in [0.3, 0.4) is 0 Å². The lowest BCUT2D eigenvalue weighted by Crippen LogP contribution is -2.23. The van der Waals surface area contributed by atoms with Gasteiger partial charge in [0, 0.05) is 15.7 Å². The van der Waals surface area contributed by atoms with Gasteiger partial charge in [-0.2, -0.15) is 0 Å². The normalized spacial score (nSPS) is 15.8. The van der Waals surface area contributed by atoms with Crippen molar-refractivity contribution in [2.45, 2.75) is 25.5 Å². The van der Waals surface area contributed by atoms with Gasteiger partial charge in [0.15, 0.2) is 0 Å². The number of aliphatic hydroxyl groups is 1. The molecule has 2 N–H and O–H groups in total.